The van der Waals surface area contributed by atoms with Gasteiger partial charge in [0, 0.05) is 13.1 Å². The van der Waals surface area contributed by atoms with Crippen molar-refractivity contribution in [1.82, 2.24) is 4.31 Å². The summed E-state index contributed by atoms with van der Waals surface area (Å²) in [5.41, 5.74) is 6.31. The topological polar surface area (TPSA) is 87.2 Å². The largest absolute Gasteiger partial charge is 0.398 e. The molecular formula is C14H19N3O2S. The van der Waals surface area contributed by atoms with Gasteiger partial charge in [-0.3, -0.25) is 0 Å². The van der Waals surface area contributed by atoms with Gasteiger partial charge in [0.1, 0.15) is 4.90 Å². The van der Waals surface area contributed by atoms with Gasteiger partial charge in [0.25, 0.3) is 0 Å². The third kappa shape index (κ3) is 2.79. The van der Waals surface area contributed by atoms with Gasteiger partial charge in [-0.15, -0.1) is 0 Å². The Bertz CT molecular complexity index is 634. The Labute approximate surface area is 120 Å². The van der Waals surface area contributed by atoms with Gasteiger partial charge < -0.3 is 5.73 Å². The molecule has 0 aliphatic carbocycles. The third-order valence-electron chi connectivity index (χ3n) is 3.82. The van der Waals surface area contributed by atoms with Crippen molar-refractivity contribution in [1.29, 1.82) is 5.26 Å². The minimum atomic E-state index is -3.56. The third-order valence-corrected chi connectivity index (χ3v) is 5.75. The number of hydrogen-bond acceptors (Lipinski definition) is 4. The Hall–Kier alpha value is -1.58. The fraction of sp³-hybridized carbons (Fsp3) is 0.500. The average Bonchev–Trinajstić information content (AvgIpc) is 2.46. The summed E-state index contributed by atoms with van der Waals surface area (Å²) in [7, 11) is -3.56. The number of nitrogens with zero attached hydrogens (tertiary/aromatic N) is 2. The lowest BCUT2D eigenvalue weighted by Crippen LogP contribution is -2.39. The van der Waals surface area contributed by atoms with Gasteiger partial charge >= 0.3 is 0 Å². The molecule has 108 valence electrons. The average molecular weight is 293 g/mol. The molecule has 20 heavy (non-hydrogen) atoms. The Kier molecular flexibility index (Phi) is 4.31. The molecule has 2 rings (SSSR count). The summed E-state index contributed by atoms with van der Waals surface area (Å²) in [6.07, 6.45) is 2.94. The number of rotatable bonds is 3. The molecule has 1 aromatic carbocycles. The van der Waals surface area contributed by atoms with Gasteiger partial charge in [0.2, 0.25) is 10.0 Å². The van der Waals surface area contributed by atoms with Crippen molar-refractivity contribution in [2.24, 2.45) is 5.92 Å². The number of piperidine rings is 1. The number of benzene rings is 1. The predicted molar refractivity (Wildman–Crippen MR) is 77.3 cm³/mol. The first-order valence-corrected chi connectivity index (χ1v) is 8.22. The summed E-state index contributed by atoms with van der Waals surface area (Å²) < 4.78 is 26.8. The van der Waals surface area contributed by atoms with Crippen LogP contribution in [0.15, 0.2) is 23.1 Å². The van der Waals surface area contributed by atoms with Crippen LogP contribution in [-0.4, -0.2) is 25.8 Å². The van der Waals surface area contributed by atoms with Crippen molar-refractivity contribution in [2.75, 3.05) is 18.8 Å². The van der Waals surface area contributed by atoms with Gasteiger partial charge in [-0.2, -0.15) is 9.57 Å². The number of anilines is 1. The van der Waals surface area contributed by atoms with Crippen LogP contribution in [-0.2, 0) is 10.0 Å². The molecule has 1 fully saturated rings. The maximum absolute atomic E-state index is 12.6. The number of nitrogens with two attached hydrogens (primary N) is 1. The molecule has 1 unspecified atom stereocenters. The summed E-state index contributed by atoms with van der Waals surface area (Å²) in [4.78, 5) is 0.105. The van der Waals surface area contributed by atoms with Gasteiger partial charge in [-0.05, 0) is 37.0 Å². The van der Waals surface area contributed by atoms with Gasteiger partial charge in [-0.25, -0.2) is 8.42 Å². The first kappa shape index (κ1) is 14.8. The van der Waals surface area contributed by atoms with E-state index in [0.717, 1.165) is 19.3 Å². The molecule has 0 spiro atoms. The maximum atomic E-state index is 12.6. The first-order chi connectivity index (χ1) is 9.48. The highest BCUT2D eigenvalue weighted by Gasteiger charge is 2.30. The standard InChI is InChI=1S/C14H19N3O2S/c1-2-11-4-3-7-17(10-11)20(18,19)14-6-5-12(9-15)8-13(14)16/h5-6,8,11H,2-4,7,10,16H2,1H3. The molecule has 0 bridgehead atoms. The van der Waals surface area contributed by atoms with Crippen LogP contribution < -0.4 is 5.73 Å². The first-order valence-electron chi connectivity index (χ1n) is 6.78. The fourth-order valence-electron chi connectivity index (χ4n) is 2.57. The molecule has 2 N–H and O–H groups in total. The summed E-state index contributed by atoms with van der Waals surface area (Å²) >= 11 is 0. The Morgan fingerprint density at radius 3 is 2.85 bits per heavy atom. The lowest BCUT2D eigenvalue weighted by molar-refractivity contribution is 0.261. The quantitative estimate of drug-likeness (QED) is 0.863. The minimum absolute atomic E-state index is 0.105. The van der Waals surface area contributed by atoms with Crippen LogP contribution in [0, 0.1) is 17.2 Å². The highest BCUT2D eigenvalue weighted by Crippen LogP contribution is 2.28. The molecular weight excluding hydrogens is 274 g/mol. The molecule has 1 aliphatic heterocycles. The SMILES string of the molecule is CCC1CCCN(S(=O)(=O)c2ccc(C#N)cc2N)C1. The van der Waals surface area contributed by atoms with E-state index in [1.54, 1.807) is 0 Å². The van der Waals surface area contributed by atoms with E-state index < -0.39 is 10.0 Å². The van der Waals surface area contributed by atoms with E-state index in [9.17, 15) is 8.42 Å². The smallest absolute Gasteiger partial charge is 0.245 e. The second-order valence-electron chi connectivity index (χ2n) is 5.14. The lowest BCUT2D eigenvalue weighted by atomic mass is 9.97. The summed E-state index contributed by atoms with van der Waals surface area (Å²) in [5, 5.41) is 8.81. The summed E-state index contributed by atoms with van der Waals surface area (Å²) in [6, 6.07) is 6.28. The molecule has 1 aliphatic rings. The van der Waals surface area contributed by atoms with E-state index in [1.165, 1.54) is 22.5 Å². The van der Waals surface area contributed by atoms with Crippen molar-refractivity contribution in [3.05, 3.63) is 23.8 Å². The van der Waals surface area contributed by atoms with Crippen molar-refractivity contribution in [3.8, 4) is 6.07 Å². The molecule has 1 aromatic rings. The molecule has 1 saturated heterocycles. The van der Waals surface area contributed by atoms with Crippen molar-refractivity contribution >= 4 is 15.7 Å². The maximum Gasteiger partial charge on any atom is 0.245 e. The Morgan fingerprint density at radius 1 is 1.50 bits per heavy atom. The monoisotopic (exact) mass is 293 g/mol. The molecule has 0 radical (unpaired) electrons. The van der Waals surface area contributed by atoms with Crippen LogP contribution in [0.1, 0.15) is 31.7 Å². The van der Waals surface area contributed by atoms with Crippen LogP contribution in [0.25, 0.3) is 0 Å². The molecule has 1 heterocycles. The van der Waals surface area contributed by atoms with Gasteiger partial charge in [-0.1, -0.05) is 13.3 Å². The zero-order valence-corrected chi connectivity index (χ0v) is 12.4. The molecule has 0 aromatic heterocycles. The highest BCUT2D eigenvalue weighted by atomic mass is 32.2. The second-order valence-corrected chi connectivity index (χ2v) is 7.05. The van der Waals surface area contributed by atoms with Gasteiger partial charge in [0.15, 0.2) is 0 Å². The Morgan fingerprint density at radius 2 is 2.25 bits per heavy atom. The number of nitrogen functional groups attached to an aromatic ring is 1. The van der Waals surface area contributed by atoms with E-state index in [4.69, 9.17) is 11.0 Å². The highest BCUT2D eigenvalue weighted by molar-refractivity contribution is 7.89. The van der Waals surface area contributed by atoms with Crippen LogP contribution in [0.3, 0.4) is 0 Å². The normalized spacial score (nSPS) is 20.5. The van der Waals surface area contributed by atoms with E-state index in [-0.39, 0.29) is 10.6 Å². The molecule has 0 saturated carbocycles. The summed E-state index contributed by atoms with van der Waals surface area (Å²) in [5.74, 6) is 0.415. The second kappa shape index (κ2) is 5.81. The van der Waals surface area contributed by atoms with Gasteiger partial charge in [0.05, 0.1) is 17.3 Å². The van der Waals surface area contributed by atoms with Crippen molar-refractivity contribution in [3.63, 3.8) is 0 Å². The van der Waals surface area contributed by atoms with E-state index >= 15 is 0 Å². The van der Waals surface area contributed by atoms with Crippen LogP contribution >= 0.6 is 0 Å². The summed E-state index contributed by atoms with van der Waals surface area (Å²) in [6.45, 7) is 3.17. The Balaban J connectivity index is 2.33. The van der Waals surface area contributed by atoms with E-state index in [1.807, 2.05) is 6.07 Å². The molecule has 5 nitrogen and oxygen atoms in total. The van der Waals surface area contributed by atoms with E-state index in [2.05, 4.69) is 6.92 Å². The lowest BCUT2D eigenvalue weighted by Gasteiger charge is -2.31. The van der Waals surface area contributed by atoms with Crippen LogP contribution in [0.2, 0.25) is 0 Å². The minimum Gasteiger partial charge on any atom is -0.398 e. The number of hydrogen-bond donors (Lipinski definition) is 1. The predicted octanol–water partition coefficient (Wildman–Crippen LogP) is 1.95. The molecule has 0 amide bonds. The molecule has 6 heteroatoms. The number of sulfonamides is 1. The van der Waals surface area contributed by atoms with E-state index in [0.29, 0.717) is 24.6 Å². The fourth-order valence-corrected chi connectivity index (χ4v) is 4.22. The van der Waals surface area contributed by atoms with Crippen LogP contribution in [0.4, 0.5) is 5.69 Å². The molecule has 1 atom stereocenters. The van der Waals surface area contributed by atoms with Crippen LogP contribution in [0.5, 0.6) is 0 Å². The van der Waals surface area contributed by atoms with Crippen molar-refractivity contribution in [2.45, 2.75) is 31.1 Å². The van der Waals surface area contributed by atoms with Crippen molar-refractivity contribution < 1.29 is 8.42 Å². The zero-order valence-electron chi connectivity index (χ0n) is 11.5. The number of nitriles is 1. The zero-order chi connectivity index (χ0) is 14.8.